The predicted molar refractivity (Wildman–Crippen MR) is 92.2 cm³/mol. The molecule has 24 heavy (non-hydrogen) atoms. The summed E-state index contributed by atoms with van der Waals surface area (Å²) in [5.74, 6) is -0.408. The van der Waals surface area contributed by atoms with Crippen LogP contribution in [0.4, 0.5) is 0 Å². The number of rotatable bonds is 2. The van der Waals surface area contributed by atoms with Crippen molar-refractivity contribution in [3.63, 3.8) is 0 Å². The smallest absolute Gasteiger partial charge is 0.344 e. The van der Waals surface area contributed by atoms with Crippen LogP contribution in [0.25, 0.3) is 0 Å². The van der Waals surface area contributed by atoms with E-state index in [4.69, 9.17) is 4.74 Å². The molecule has 3 rings (SSSR count). The first-order valence-corrected chi connectivity index (χ1v) is 8.83. The van der Waals surface area contributed by atoms with Gasteiger partial charge in [-0.15, -0.1) is 0 Å². The topological polar surface area (TPSA) is 46.6 Å². The molecule has 2 aliphatic rings. The number of ether oxygens (including phenoxy) is 1. The highest BCUT2D eigenvalue weighted by atomic mass is 16.5. The molecule has 1 aliphatic carbocycles. The highest BCUT2D eigenvalue weighted by molar-refractivity contribution is 6.16. The van der Waals surface area contributed by atoms with Crippen molar-refractivity contribution < 1.29 is 14.3 Å². The monoisotopic (exact) mass is 327 g/mol. The van der Waals surface area contributed by atoms with Crippen molar-refractivity contribution in [3.05, 3.63) is 47.5 Å². The quantitative estimate of drug-likeness (QED) is 0.473. The third-order valence-corrected chi connectivity index (χ3v) is 5.23. The molecule has 4 nitrogen and oxygen atoms in total. The summed E-state index contributed by atoms with van der Waals surface area (Å²) in [6.45, 7) is 1.92. The summed E-state index contributed by atoms with van der Waals surface area (Å²) in [6, 6.07) is 9.42. The van der Waals surface area contributed by atoms with E-state index in [2.05, 4.69) is 0 Å². The van der Waals surface area contributed by atoms with Crippen LogP contribution in [0.1, 0.15) is 50.7 Å². The molecule has 1 aromatic carbocycles. The van der Waals surface area contributed by atoms with Gasteiger partial charge in [0.15, 0.2) is 0 Å². The van der Waals surface area contributed by atoms with Crippen LogP contribution in [-0.2, 0) is 14.3 Å². The molecule has 128 valence electrons. The zero-order valence-electron chi connectivity index (χ0n) is 14.4. The summed E-state index contributed by atoms with van der Waals surface area (Å²) in [6.07, 6.45) is 7.08. The average molecular weight is 327 g/mol. The number of hydrogen-bond donors (Lipinski definition) is 0. The molecule has 4 heteroatoms. The van der Waals surface area contributed by atoms with E-state index in [0.29, 0.717) is 5.92 Å². The number of likely N-dealkylation sites (N-methyl/N-ethyl adjacent to an activating group) is 1. The van der Waals surface area contributed by atoms with Gasteiger partial charge in [0.25, 0.3) is 5.91 Å². The van der Waals surface area contributed by atoms with Crippen LogP contribution >= 0.6 is 0 Å². The van der Waals surface area contributed by atoms with Crippen molar-refractivity contribution in [2.24, 2.45) is 5.92 Å². The van der Waals surface area contributed by atoms with E-state index in [9.17, 15) is 9.59 Å². The second-order valence-corrected chi connectivity index (χ2v) is 6.87. The fourth-order valence-corrected chi connectivity index (χ4v) is 3.61. The number of carbonyl (C=O) groups excluding carboxylic acids is 2. The average Bonchev–Trinajstić information content (AvgIpc) is 2.70. The van der Waals surface area contributed by atoms with Gasteiger partial charge >= 0.3 is 5.97 Å². The molecule has 1 saturated heterocycles. The maximum Gasteiger partial charge on any atom is 0.344 e. The minimum absolute atomic E-state index is 0.203. The minimum atomic E-state index is -0.490. The summed E-state index contributed by atoms with van der Waals surface area (Å²) in [5.41, 5.74) is 1.12. The van der Waals surface area contributed by atoms with Gasteiger partial charge in [0.05, 0.1) is 6.04 Å². The number of amides is 1. The Bertz CT molecular complexity index is 632. The molecule has 0 unspecified atom stereocenters. The van der Waals surface area contributed by atoms with Gasteiger partial charge in [0.1, 0.15) is 11.7 Å². The lowest BCUT2D eigenvalue weighted by molar-refractivity contribution is -0.145. The number of nitrogens with zero attached hydrogens (tertiary/aromatic N) is 1. The first-order valence-electron chi connectivity index (χ1n) is 8.83. The van der Waals surface area contributed by atoms with Crippen LogP contribution in [0.2, 0.25) is 0 Å². The van der Waals surface area contributed by atoms with E-state index in [1.54, 1.807) is 11.9 Å². The van der Waals surface area contributed by atoms with Gasteiger partial charge in [-0.1, -0.05) is 55.7 Å². The fourth-order valence-electron chi connectivity index (χ4n) is 3.61. The molecule has 0 N–H and O–H groups in total. The normalized spacial score (nSPS) is 27.9. The number of allylic oxidation sites excluding steroid dienone is 1. The standard InChI is InChI=1S/C20H25NO3/c1-14-18(16-11-7-4-8-12-16)24-20(23)17(19(22)21(14)2)13-15-9-5-3-6-10-15/h4,7-8,11-15,18H,3,5-6,9-10H2,1-2H3/b17-13-/t14-,18-/m0/s1. The Hall–Kier alpha value is -2.10. The second-order valence-electron chi connectivity index (χ2n) is 6.87. The van der Waals surface area contributed by atoms with Crippen LogP contribution < -0.4 is 0 Å². The van der Waals surface area contributed by atoms with E-state index < -0.39 is 12.1 Å². The lowest BCUT2D eigenvalue weighted by atomic mass is 9.87. The molecule has 1 aromatic rings. The summed E-state index contributed by atoms with van der Waals surface area (Å²) in [7, 11) is 1.75. The molecule has 0 radical (unpaired) electrons. The molecule has 2 atom stereocenters. The Morgan fingerprint density at radius 2 is 1.75 bits per heavy atom. The van der Waals surface area contributed by atoms with Crippen molar-refractivity contribution in [1.29, 1.82) is 0 Å². The van der Waals surface area contributed by atoms with Crippen molar-refractivity contribution in [2.75, 3.05) is 7.05 Å². The third-order valence-electron chi connectivity index (χ3n) is 5.23. The predicted octanol–water partition coefficient (Wildman–Crippen LogP) is 3.64. The number of carbonyl (C=O) groups is 2. The van der Waals surface area contributed by atoms with Gasteiger partial charge in [0.2, 0.25) is 0 Å². The van der Waals surface area contributed by atoms with E-state index >= 15 is 0 Å². The van der Waals surface area contributed by atoms with E-state index in [1.807, 2.05) is 43.3 Å². The van der Waals surface area contributed by atoms with Crippen LogP contribution in [0.3, 0.4) is 0 Å². The highest BCUT2D eigenvalue weighted by Crippen LogP contribution is 2.32. The molecule has 0 aromatic heterocycles. The number of esters is 1. The van der Waals surface area contributed by atoms with E-state index in [0.717, 1.165) is 31.2 Å². The Balaban J connectivity index is 1.90. The second kappa shape index (κ2) is 7.20. The summed E-state index contributed by atoms with van der Waals surface area (Å²) < 4.78 is 5.73. The molecule has 1 saturated carbocycles. The van der Waals surface area contributed by atoms with Crippen LogP contribution in [-0.4, -0.2) is 29.9 Å². The molecule has 2 fully saturated rings. The summed E-state index contributed by atoms with van der Waals surface area (Å²) >= 11 is 0. The molecule has 0 bridgehead atoms. The Kier molecular flexibility index (Phi) is 5.03. The fraction of sp³-hybridized carbons (Fsp3) is 0.500. The Morgan fingerprint density at radius 1 is 1.08 bits per heavy atom. The molecular weight excluding hydrogens is 302 g/mol. The molecule has 1 amide bonds. The lowest BCUT2D eigenvalue weighted by Gasteiger charge is -2.28. The number of hydrogen-bond acceptors (Lipinski definition) is 3. The number of benzene rings is 1. The first-order chi connectivity index (χ1) is 11.6. The van der Waals surface area contributed by atoms with E-state index in [-0.39, 0.29) is 17.5 Å². The molecular formula is C20H25NO3. The van der Waals surface area contributed by atoms with Crippen molar-refractivity contribution in [1.82, 2.24) is 4.90 Å². The minimum Gasteiger partial charge on any atom is -0.452 e. The van der Waals surface area contributed by atoms with Crippen LogP contribution in [0.5, 0.6) is 0 Å². The zero-order valence-corrected chi connectivity index (χ0v) is 14.4. The third kappa shape index (κ3) is 3.37. The molecule has 0 spiro atoms. The lowest BCUT2D eigenvalue weighted by Crippen LogP contribution is -2.37. The van der Waals surface area contributed by atoms with Gasteiger partial charge in [0, 0.05) is 7.05 Å². The number of cyclic esters (lactones) is 1. The van der Waals surface area contributed by atoms with Crippen molar-refractivity contribution in [2.45, 2.75) is 51.2 Å². The van der Waals surface area contributed by atoms with E-state index in [1.165, 1.54) is 6.42 Å². The van der Waals surface area contributed by atoms with Gasteiger partial charge in [-0.3, -0.25) is 4.79 Å². The SMILES string of the molecule is C[C@H]1[C@@H](c2ccccc2)OC(=O)/C(=C\C2CCCCC2)C(=O)N1C. The van der Waals surface area contributed by atoms with Gasteiger partial charge < -0.3 is 9.64 Å². The first kappa shape index (κ1) is 16.7. The van der Waals surface area contributed by atoms with Gasteiger partial charge in [-0.25, -0.2) is 4.79 Å². The molecule has 1 heterocycles. The molecule has 1 aliphatic heterocycles. The van der Waals surface area contributed by atoms with Crippen molar-refractivity contribution >= 4 is 11.9 Å². The van der Waals surface area contributed by atoms with Gasteiger partial charge in [-0.05, 0) is 31.2 Å². The summed E-state index contributed by atoms with van der Waals surface area (Å²) in [4.78, 5) is 27.0. The summed E-state index contributed by atoms with van der Waals surface area (Å²) in [5, 5.41) is 0. The Labute approximate surface area is 143 Å². The Morgan fingerprint density at radius 3 is 2.42 bits per heavy atom. The largest absolute Gasteiger partial charge is 0.452 e. The van der Waals surface area contributed by atoms with Gasteiger partial charge in [-0.2, -0.15) is 0 Å². The van der Waals surface area contributed by atoms with Crippen LogP contribution in [0, 0.1) is 5.92 Å². The maximum atomic E-state index is 12.8. The highest BCUT2D eigenvalue weighted by Gasteiger charge is 2.38. The van der Waals surface area contributed by atoms with Crippen molar-refractivity contribution in [3.8, 4) is 0 Å². The zero-order chi connectivity index (χ0) is 17.1. The van der Waals surface area contributed by atoms with Crippen LogP contribution in [0.15, 0.2) is 42.0 Å². The maximum absolute atomic E-state index is 12.8.